The van der Waals surface area contributed by atoms with Gasteiger partial charge in [-0.2, -0.15) is 5.10 Å². The van der Waals surface area contributed by atoms with Crippen molar-refractivity contribution >= 4 is 23.5 Å². The smallest absolute Gasteiger partial charge is 0.186 e. The van der Waals surface area contributed by atoms with Crippen molar-refractivity contribution < 1.29 is 9.47 Å². The van der Waals surface area contributed by atoms with Crippen molar-refractivity contribution in [2.24, 2.45) is 5.10 Å². The summed E-state index contributed by atoms with van der Waals surface area (Å²) in [6.07, 6.45) is 1.66. The monoisotopic (exact) mass is 357 g/mol. The van der Waals surface area contributed by atoms with Crippen LogP contribution < -0.4 is 20.2 Å². The Kier molecular flexibility index (Phi) is 7.22. The Labute approximate surface area is 154 Å². The zero-order valence-electron chi connectivity index (χ0n) is 14.7. The fourth-order valence-electron chi connectivity index (χ4n) is 2.27. The second-order valence-corrected chi connectivity index (χ2v) is 5.79. The molecule has 0 saturated heterocycles. The zero-order valence-corrected chi connectivity index (χ0v) is 15.5. The van der Waals surface area contributed by atoms with Gasteiger partial charge in [0.15, 0.2) is 16.6 Å². The topological polar surface area (TPSA) is 54.9 Å². The fraction of sp³-hybridized carbons (Fsp3) is 0.263. The number of aryl methyl sites for hydroxylation is 1. The van der Waals surface area contributed by atoms with Gasteiger partial charge in [-0.1, -0.05) is 35.9 Å². The molecule has 2 rings (SSSR count). The average Bonchev–Trinajstić information content (AvgIpc) is 2.60. The third-order valence-corrected chi connectivity index (χ3v) is 3.64. The van der Waals surface area contributed by atoms with E-state index < -0.39 is 0 Å². The number of methoxy groups -OCH3 is 1. The lowest BCUT2D eigenvalue weighted by atomic mass is 10.1. The molecule has 0 aromatic heterocycles. The van der Waals surface area contributed by atoms with Crippen LogP contribution in [0.2, 0.25) is 0 Å². The van der Waals surface area contributed by atoms with Crippen LogP contribution in [-0.4, -0.2) is 25.0 Å². The highest BCUT2D eigenvalue weighted by Crippen LogP contribution is 2.30. The Morgan fingerprint density at radius 1 is 1.24 bits per heavy atom. The van der Waals surface area contributed by atoms with Crippen LogP contribution in [0.1, 0.15) is 23.6 Å². The van der Waals surface area contributed by atoms with E-state index in [2.05, 4.69) is 34.9 Å². The van der Waals surface area contributed by atoms with Gasteiger partial charge in [-0.25, -0.2) is 0 Å². The van der Waals surface area contributed by atoms with Crippen LogP contribution in [-0.2, 0) is 6.61 Å². The van der Waals surface area contributed by atoms with Gasteiger partial charge in [-0.15, -0.1) is 0 Å². The summed E-state index contributed by atoms with van der Waals surface area (Å²) >= 11 is 5.09. The first-order valence-electron chi connectivity index (χ1n) is 8.06. The highest BCUT2D eigenvalue weighted by molar-refractivity contribution is 7.80. The number of benzene rings is 2. The number of rotatable bonds is 7. The maximum atomic E-state index is 6.01. The molecule has 0 spiro atoms. The number of ether oxygens (including phenoxy) is 2. The normalized spacial score (nSPS) is 10.5. The van der Waals surface area contributed by atoms with Gasteiger partial charge in [0.1, 0.15) is 6.61 Å². The van der Waals surface area contributed by atoms with Gasteiger partial charge in [0.2, 0.25) is 0 Å². The van der Waals surface area contributed by atoms with Gasteiger partial charge >= 0.3 is 0 Å². The Hall–Kier alpha value is -2.60. The Morgan fingerprint density at radius 3 is 2.76 bits per heavy atom. The molecule has 2 N–H and O–H groups in total. The maximum absolute atomic E-state index is 6.01. The van der Waals surface area contributed by atoms with Gasteiger partial charge in [0.05, 0.1) is 13.3 Å². The molecule has 5 nitrogen and oxygen atoms in total. The molecule has 0 unspecified atom stereocenters. The minimum Gasteiger partial charge on any atom is -0.493 e. The number of nitrogens with one attached hydrogen (secondary N) is 2. The maximum Gasteiger partial charge on any atom is 0.186 e. The van der Waals surface area contributed by atoms with Crippen molar-refractivity contribution in [2.45, 2.75) is 20.5 Å². The summed E-state index contributed by atoms with van der Waals surface area (Å²) in [5.74, 6) is 1.30. The Morgan fingerprint density at radius 2 is 2.04 bits per heavy atom. The van der Waals surface area contributed by atoms with Crippen LogP contribution in [0.5, 0.6) is 11.5 Å². The van der Waals surface area contributed by atoms with Crippen molar-refractivity contribution in [3.05, 3.63) is 59.2 Å². The minimum atomic E-state index is 0.451. The predicted octanol–water partition coefficient (Wildman–Crippen LogP) is 3.40. The van der Waals surface area contributed by atoms with Crippen LogP contribution in [0.15, 0.2) is 47.6 Å². The SMILES string of the molecule is CCNC(=S)N/N=C/c1cccc(OC)c1OCc1cccc(C)c1. The number of hydrogen-bond acceptors (Lipinski definition) is 4. The molecule has 0 fully saturated rings. The lowest BCUT2D eigenvalue weighted by Crippen LogP contribution is -2.31. The molecule has 2 aromatic carbocycles. The van der Waals surface area contributed by atoms with E-state index in [9.17, 15) is 0 Å². The first kappa shape index (κ1) is 18.7. The highest BCUT2D eigenvalue weighted by Gasteiger charge is 2.09. The zero-order chi connectivity index (χ0) is 18.1. The summed E-state index contributed by atoms with van der Waals surface area (Å²) in [6.45, 7) is 5.22. The molecule has 0 atom stereocenters. The second-order valence-electron chi connectivity index (χ2n) is 5.39. The van der Waals surface area contributed by atoms with Gasteiger partial charge in [-0.05, 0) is 43.8 Å². The molecule has 0 amide bonds. The van der Waals surface area contributed by atoms with E-state index >= 15 is 0 Å². The summed E-state index contributed by atoms with van der Waals surface area (Å²) < 4.78 is 11.4. The summed E-state index contributed by atoms with van der Waals surface area (Å²) in [5, 5.41) is 7.60. The quantitative estimate of drug-likeness (QED) is 0.452. The summed E-state index contributed by atoms with van der Waals surface area (Å²) in [4.78, 5) is 0. The Balaban J connectivity index is 2.14. The first-order chi connectivity index (χ1) is 12.1. The van der Waals surface area contributed by atoms with E-state index in [1.807, 2.05) is 37.3 Å². The summed E-state index contributed by atoms with van der Waals surface area (Å²) in [5.41, 5.74) is 5.87. The van der Waals surface area contributed by atoms with Crippen molar-refractivity contribution in [3.63, 3.8) is 0 Å². The molecule has 0 aliphatic carbocycles. The molecule has 0 heterocycles. The van der Waals surface area contributed by atoms with E-state index in [0.717, 1.165) is 17.7 Å². The number of hydrazone groups is 1. The van der Waals surface area contributed by atoms with Gasteiger partial charge in [0.25, 0.3) is 0 Å². The lowest BCUT2D eigenvalue weighted by Gasteiger charge is -2.13. The van der Waals surface area contributed by atoms with Crippen LogP contribution in [0.3, 0.4) is 0 Å². The summed E-state index contributed by atoms with van der Waals surface area (Å²) in [6, 6.07) is 13.9. The van der Waals surface area contributed by atoms with Crippen molar-refractivity contribution in [1.82, 2.24) is 10.7 Å². The number of nitrogens with zero attached hydrogens (tertiary/aromatic N) is 1. The minimum absolute atomic E-state index is 0.451. The average molecular weight is 357 g/mol. The van der Waals surface area contributed by atoms with Crippen LogP contribution in [0.25, 0.3) is 0 Å². The third-order valence-electron chi connectivity index (χ3n) is 3.40. The first-order valence-corrected chi connectivity index (χ1v) is 8.47. The van der Waals surface area contributed by atoms with E-state index in [1.54, 1.807) is 13.3 Å². The molecular weight excluding hydrogens is 334 g/mol. The molecule has 25 heavy (non-hydrogen) atoms. The largest absolute Gasteiger partial charge is 0.493 e. The predicted molar refractivity (Wildman–Crippen MR) is 106 cm³/mol. The molecule has 0 aliphatic rings. The molecule has 0 bridgehead atoms. The van der Waals surface area contributed by atoms with Crippen molar-refractivity contribution in [2.75, 3.05) is 13.7 Å². The van der Waals surface area contributed by atoms with Crippen LogP contribution in [0, 0.1) is 6.92 Å². The van der Waals surface area contributed by atoms with E-state index in [4.69, 9.17) is 21.7 Å². The Bertz CT molecular complexity index is 747. The third kappa shape index (κ3) is 5.76. The highest BCUT2D eigenvalue weighted by atomic mass is 32.1. The fourth-order valence-corrected chi connectivity index (χ4v) is 2.46. The van der Waals surface area contributed by atoms with Crippen LogP contribution in [0.4, 0.5) is 0 Å². The lowest BCUT2D eigenvalue weighted by molar-refractivity contribution is 0.284. The molecule has 132 valence electrons. The molecular formula is C19H23N3O2S. The molecule has 0 aliphatic heterocycles. The van der Waals surface area contributed by atoms with Crippen molar-refractivity contribution in [1.29, 1.82) is 0 Å². The molecule has 0 radical (unpaired) electrons. The second kappa shape index (κ2) is 9.64. The number of para-hydroxylation sites is 1. The van der Waals surface area contributed by atoms with Gasteiger partial charge < -0.3 is 14.8 Å². The van der Waals surface area contributed by atoms with E-state index in [-0.39, 0.29) is 0 Å². The number of thiocarbonyl (C=S) groups is 1. The van der Waals surface area contributed by atoms with E-state index in [0.29, 0.717) is 23.2 Å². The van der Waals surface area contributed by atoms with Gasteiger partial charge in [0, 0.05) is 12.1 Å². The van der Waals surface area contributed by atoms with E-state index in [1.165, 1.54) is 5.56 Å². The molecule has 2 aromatic rings. The summed E-state index contributed by atoms with van der Waals surface area (Å²) in [7, 11) is 1.62. The number of hydrogen-bond donors (Lipinski definition) is 2. The molecule has 6 heteroatoms. The van der Waals surface area contributed by atoms with Crippen molar-refractivity contribution in [3.8, 4) is 11.5 Å². The van der Waals surface area contributed by atoms with Gasteiger partial charge in [-0.3, -0.25) is 5.43 Å². The van der Waals surface area contributed by atoms with Crippen LogP contribution >= 0.6 is 12.2 Å². The standard InChI is InChI=1S/C19H23N3O2S/c1-4-20-19(25)22-21-12-16-9-6-10-17(23-3)18(16)24-13-15-8-5-7-14(2)11-15/h5-12H,4,13H2,1-3H3,(H2,20,22,25)/b21-12+. The molecule has 0 saturated carbocycles.